The number of rotatable bonds is 0. The Balaban J connectivity index is -0.00000000381. The van der Waals surface area contributed by atoms with E-state index in [1.54, 1.807) is 0 Å². The predicted molar refractivity (Wildman–Crippen MR) is 30.6 cm³/mol. The van der Waals surface area contributed by atoms with Crippen molar-refractivity contribution in [2.45, 2.75) is 0 Å². The normalized spacial score (nSPS) is 7.50. The summed E-state index contributed by atoms with van der Waals surface area (Å²) in [6.45, 7) is 0. The van der Waals surface area contributed by atoms with Crippen molar-refractivity contribution in [2.75, 3.05) is 0 Å². The van der Waals surface area contributed by atoms with Gasteiger partial charge in [-0.1, -0.05) is 0 Å². The molecule has 0 aliphatic rings. The van der Waals surface area contributed by atoms with Crippen molar-refractivity contribution >= 4 is 81.0 Å². The molecule has 0 heterocycles. The Labute approximate surface area is 123 Å². The van der Waals surface area contributed by atoms with Gasteiger partial charge in [-0.05, 0) is 0 Å². The van der Waals surface area contributed by atoms with Gasteiger partial charge in [-0.15, -0.1) is 0 Å². The van der Waals surface area contributed by atoms with Crippen molar-refractivity contribution in [3.63, 3.8) is 0 Å². The van der Waals surface area contributed by atoms with Crippen LogP contribution in [0.4, 0.5) is 0 Å². The molecule has 0 atom stereocenters. The maximum absolute atomic E-state index is 7.33. The molecule has 0 spiro atoms. The summed E-state index contributed by atoms with van der Waals surface area (Å²) >= 11 is 0. The van der Waals surface area contributed by atoms with Gasteiger partial charge in [0.25, 0.3) is 0 Å². The summed E-state index contributed by atoms with van der Waals surface area (Å²) in [4.78, 5) is 29.3. The third kappa shape index (κ3) is 63.7. The van der Waals surface area contributed by atoms with Gasteiger partial charge >= 0.3 is 81.0 Å². The maximum Gasteiger partial charge on any atom is 2.00 e. The molecule has 0 aromatic carbocycles. The number of hydrogen-bond donors (Lipinski definition) is 4. The predicted octanol–water partition coefficient (Wildman–Crippen LogP) is -2.92. The summed E-state index contributed by atoms with van der Waals surface area (Å²) in [6, 6.07) is 0. The molecular formula is H8BaMgO4SiZn. The van der Waals surface area contributed by atoms with Crippen molar-refractivity contribution in [3.8, 4) is 0 Å². The monoisotopic (exact) mass is 326 g/mol. The summed E-state index contributed by atoms with van der Waals surface area (Å²) in [5.41, 5.74) is 0. The largest absolute Gasteiger partial charge is 2.00 e. The van der Waals surface area contributed by atoms with Crippen LogP contribution in [0.2, 0.25) is 0 Å². The van der Waals surface area contributed by atoms with Crippen LogP contribution in [0.1, 0.15) is 5.71 Å². The zero-order chi connectivity index (χ0) is 4.50. The Bertz CT molecular complexity index is 42.5. The fraction of sp³-hybridized carbons (Fsp3) is 0. The molecule has 0 saturated heterocycles. The van der Waals surface area contributed by atoms with Gasteiger partial charge in [0.05, 0.1) is 0 Å². The molecule has 0 aliphatic heterocycles. The van der Waals surface area contributed by atoms with Crippen LogP contribution < -0.4 is 0 Å². The molecule has 0 amide bonds. The molecule has 8 heavy (non-hydrogen) atoms. The Morgan fingerprint density at radius 2 is 1.00 bits per heavy atom. The van der Waals surface area contributed by atoms with E-state index in [9.17, 15) is 0 Å². The Kier molecular flexibility index (Phi) is 28.1. The third-order valence-corrected chi connectivity index (χ3v) is 0. The maximum atomic E-state index is 7.33. The van der Waals surface area contributed by atoms with Crippen LogP contribution >= 0.6 is 0 Å². The first-order chi connectivity index (χ1) is 2.00. The van der Waals surface area contributed by atoms with Gasteiger partial charge in [-0.25, -0.2) is 0 Å². The smallest absolute Gasteiger partial charge is 1.00 e. The van der Waals surface area contributed by atoms with Crippen LogP contribution in [0, 0.1) is 0 Å². The second-order valence-electron chi connectivity index (χ2n) is 0.600. The molecule has 0 aliphatic carbocycles. The van der Waals surface area contributed by atoms with Crippen molar-refractivity contribution in [1.29, 1.82) is 0 Å². The molecule has 0 aromatic rings. The van der Waals surface area contributed by atoms with E-state index >= 15 is 0 Å². The van der Waals surface area contributed by atoms with Gasteiger partial charge in [0.2, 0.25) is 0 Å². The van der Waals surface area contributed by atoms with Gasteiger partial charge in [0, 0.05) is 19.5 Å². The topological polar surface area (TPSA) is 80.9 Å². The molecule has 4 N–H and O–H groups in total. The minimum absolute atomic E-state index is 0. The summed E-state index contributed by atoms with van der Waals surface area (Å²) < 4.78 is 0. The Hall–Kier alpha value is 3.02. The minimum atomic E-state index is -4.61. The standard InChI is InChI=1S/Ba.Mg.H4O4Si.Zn.4H/c;;1-5(2,3)4;;;;;/h;;1-4H;;;;;/q2*+2;;;4*-1. The number of hydrogen-bond acceptors (Lipinski definition) is 4. The average Bonchev–Trinajstić information content (AvgIpc) is 0.722. The van der Waals surface area contributed by atoms with Crippen molar-refractivity contribution in [3.05, 3.63) is 0 Å². The van der Waals surface area contributed by atoms with Crippen molar-refractivity contribution in [1.82, 2.24) is 0 Å². The average molecular weight is 327 g/mol. The van der Waals surface area contributed by atoms with Crippen LogP contribution in [-0.2, 0) is 19.5 Å². The van der Waals surface area contributed by atoms with E-state index in [-0.39, 0.29) is 97.1 Å². The van der Waals surface area contributed by atoms with Crippen LogP contribution in [0.5, 0.6) is 0 Å². The van der Waals surface area contributed by atoms with Crippen molar-refractivity contribution < 1.29 is 44.4 Å². The van der Waals surface area contributed by atoms with E-state index in [1.807, 2.05) is 0 Å². The van der Waals surface area contributed by atoms with E-state index in [0.717, 1.165) is 0 Å². The van der Waals surface area contributed by atoms with Gasteiger partial charge in [-0.3, -0.25) is 0 Å². The molecule has 4 nitrogen and oxygen atoms in total. The Morgan fingerprint density at radius 3 is 1.00 bits per heavy atom. The molecule has 8 heteroatoms. The van der Waals surface area contributed by atoms with E-state index in [2.05, 4.69) is 0 Å². The molecule has 0 rings (SSSR count). The molecule has 0 fully saturated rings. The third-order valence-electron chi connectivity index (χ3n) is 0. The SMILES string of the molecule is O[Si](O)(O)O.[Ba+2].[H-].[H-].[H-].[H-].[Mg+2].[Zn]. The van der Waals surface area contributed by atoms with Gasteiger partial charge in [-0.2, -0.15) is 0 Å². The molecule has 0 unspecified atom stereocenters. The van der Waals surface area contributed by atoms with Crippen LogP contribution in [0.3, 0.4) is 0 Å². The first-order valence-corrected chi connectivity index (χ1v) is 2.68. The summed E-state index contributed by atoms with van der Waals surface area (Å²) in [5, 5.41) is 0. The first kappa shape index (κ1) is 22.5. The van der Waals surface area contributed by atoms with E-state index in [1.165, 1.54) is 0 Å². The zero-order valence-corrected chi connectivity index (χ0v) is 14.2. The molecule has 0 bridgehead atoms. The van der Waals surface area contributed by atoms with Crippen LogP contribution in [-0.4, -0.2) is 100 Å². The molecule has 0 radical (unpaired) electrons. The summed E-state index contributed by atoms with van der Waals surface area (Å²) in [7, 11) is -4.61. The fourth-order valence-electron chi connectivity index (χ4n) is 0. The van der Waals surface area contributed by atoms with Crippen LogP contribution in [0.15, 0.2) is 0 Å². The molecule has 42 valence electrons. The summed E-state index contributed by atoms with van der Waals surface area (Å²) in [6.07, 6.45) is 0. The quantitative estimate of drug-likeness (QED) is 0.359. The van der Waals surface area contributed by atoms with Crippen molar-refractivity contribution in [2.24, 2.45) is 0 Å². The van der Waals surface area contributed by atoms with Gasteiger partial charge in [0.15, 0.2) is 0 Å². The van der Waals surface area contributed by atoms with Gasteiger partial charge < -0.3 is 24.9 Å². The van der Waals surface area contributed by atoms with Gasteiger partial charge in [0.1, 0.15) is 0 Å². The molecule has 0 saturated carbocycles. The zero-order valence-electron chi connectivity index (χ0n) is 8.41. The molecule has 0 aromatic heterocycles. The molecular weight excluding hydrogens is 319 g/mol. The van der Waals surface area contributed by atoms with E-state index < -0.39 is 9.05 Å². The van der Waals surface area contributed by atoms with E-state index in [0.29, 0.717) is 0 Å². The van der Waals surface area contributed by atoms with E-state index in [4.69, 9.17) is 19.2 Å². The summed E-state index contributed by atoms with van der Waals surface area (Å²) in [5.74, 6) is 0. The Morgan fingerprint density at radius 1 is 1.00 bits per heavy atom. The fourth-order valence-corrected chi connectivity index (χ4v) is 0. The second kappa shape index (κ2) is 10.0. The van der Waals surface area contributed by atoms with Crippen LogP contribution in [0.25, 0.3) is 0 Å². The minimum Gasteiger partial charge on any atom is -1.00 e. The second-order valence-corrected chi connectivity index (χ2v) is 1.80. The first-order valence-electron chi connectivity index (χ1n) is 0.894.